The molecule has 22 heavy (non-hydrogen) atoms. The average Bonchev–Trinajstić information content (AvgIpc) is 2.54. The molecule has 0 aliphatic rings. The maximum Gasteiger partial charge on any atom is 0.265 e. The Morgan fingerprint density at radius 1 is 0.864 bits per heavy atom. The lowest BCUT2D eigenvalue weighted by atomic mass is 10.3. The van der Waals surface area contributed by atoms with Crippen molar-refractivity contribution in [2.45, 2.75) is 4.90 Å². The molecule has 0 bridgehead atoms. The van der Waals surface area contributed by atoms with E-state index in [1.165, 1.54) is 27.4 Å². The maximum absolute atomic E-state index is 12.5. The molecule has 0 spiro atoms. The van der Waals surface area contributed by atoms with Crippen molar-refractivity contribution in [2.24, 2.45) is 0 Å². The average molecular weight is 323 g/mol. The zero-order valence-corrected chi connectivity index (χ0v) is 13.3. The predicted molar refractivity (Wildman–Crippen MR) is 83.3 cm³/mol. The summed E-state index contributed by atoms with van der Waals surface area (Å²) < 4.78 is 42.9. The molecule has 0 amide bonds. The van der Waals surface area contributed by atoms with Gasteiger partial charge in [-0.3, -0.25) is 4.72 Å². The molecule has 0 saturated heterocycles. The summed E-state index contributed by atoms with van der Waals surface area (Å²) >= 11 is 0. The highest BCUT2D eigenvalue weighted by Gasteiger charge is 2.20. The highest BCUT2D eigenvalue weighted by Crippen LogP contribution is 2.32. The fourth-order valence-electron chi connectivity index (χ4n) is 1.92. The third-order valence-corrected chi connectivity index (χ3v) is 4.42. The van der Waals surface area contributed by atoms with Crippen molar-refractivity contribution in [1.29, 1.82) is 0 Å². The molecule has 1 N–H and O–H groups in total. The molecule has 0 heterocycles. The van der Waals surface area contributed by atoms with Gasteiger partial charge in [0, 0.05) is 6.07 Å². The first-order valence-corrected chi connectivity index (χ1v) is 7.88. The van der Waals surface area contributed by atoms with Crippen molar-refractivity contribution >= 4 is 15.7 Å². The number of hydrogen-bond donors (Lipinski definition) is 1. The monoisotopic (exact) mass is 323 g/mol. The summed E-state index contributed by atoms with van der Waals surface area (Å²) in [4.78, 5) is 0.0513. The summed E-state index contributed by atoms with van der Waals surface area (Å²) in [6.45, 7) is 0. The lowest BCUT2D eigenvalue weighted by Gasteiger charge is -2.14. The van der Waals surface area contributed by atoms with Crippen molar-refractivity contribution in [1.82, 2.24) is 0 Å². The zero-order chi connectivity index (χ0) is 16.2. The van der Waals surface area contributed by atoms with Gasteiger partial charge in [0.15, 0.2) is 0 Å². The van der Waals surface area contributed by atoms with Crippen LogP contribution in [0, 0.1) is 0 Å². The van der Waals surface area contributed by atoms with Crippen LogP contribution in [0.15, 0.2) is 47.4 Å². The van der Waals surface area contributed by atoms with E-state index in [1.54, 1.807) is 36.4 Å². The van der Waals surface area contributed by atoms with Gasteiger partial charge in [-0.2, -0.15) is 0 Å². The van der Waals surface area contributed by atoms with Crippen LogP contribution in [0.5, 0.6) is 17.2 Å². The van der Waals surface area contributed by atoms with Crippen LogP contribution >= 0.6 is 0 Å². The molecule has 0 unspecified atom stereocenters. The van der Waals surface area contributed by atoms with E-state index in [0.717, 1.165) is 0 Å². The van der Waals surface area contributed by atoms with Gasteiger partial charge in [-0.15, -0.1) is 0 Å². The summed E-state index contributed by atoms with van der Waals surface area (Å²) in [6.07, 6.45) is 0. The van der Waals surface area contributed by atoms with E-state index in [2.05, 4.69) is 4.72 Å². The standard InChI is InChI=1S/C15H17NO5S/c1-19-11-8-9-12(14(10-11)21-3)16-22(17,18)15-7-5-4-6-13(15)20-2/h4-10,16H,1-3H3. The van der Waals surface area contributed by atoms with Gasteiger partial charge in [0.1, 0.15) is 22.1 Å². The molecular weight excluding hydrogens is 306 g/mol. The molecule has 2 aromatic carbocycles. The highest BCUT2D eigenvalue weighted by atomic mass is 32.2. The number of sulfonamides is 1. The Morgan fingerprint density at radius 2 is 1.55 bits per heavy atom. The minimum absolute atomic E-state index is 0.0513. The molecule has 0 atom stereocenters. The first-order chi connectivity index (χ1) is 10.5. The molecule has 0 aromatic heterocycles. The largest absolute Gasteiger partial charge is 0.497 e. The second-order valence-electron chi connectivity index (χ2n) is 4.32. The topological polar surface area (TPSA) is 73.9 Å². The van der Waals surface area contributed by atoms with Gasteiger partial charge >= 0.3 is 0 Å². The van der Waals surface area contributed by atoms with E-state index in [9.17, 15) is 8.42 Å². The van der Waals surface area contributed by atoms with Gasteiger partial charge in [-0.1, -0.05) is 12.1 Å². The minimum atomic E-state index is -3.80. The Bertz CT molecular complexity index is 758. The Kier molecular flexibility index (Phi) is 4.77. The number of methoxy groups -OCH3 is 3. The number of nitrogens with one attached hydrogen (secondary N) is 1. The molecule has 2 aromatic rings. The van der Waals surface area contributed by atoms with Gasteiger partial charge in [0.25, 0.3) is 10.0 Å². The molecule has 0 aliphatic carbocycles. The normalized spacial score (nSPS) is 10.9. The van der Waals surface area contributed by atoms with E-state index in [1.807, 2.05) is 0 Å². The molecule has 2 rings (SSSR count). The third kappa shape index (κ3) is 3.25. The second-order valence-corrected chi connectivity index (χ2v) is 5.97. The van der Waals surface area contributed by atoms with Crippen LogP contribution in [0.25, 0.3) is 0 Å². The summed E-state index contributed by atoms with van der Waals surface area (Å²) in [5, 5.41) is 0. The minimum Gasteiger partial charge on any atom is -0.497 e. The van der Waals surface area contributed by atoms with Crippen LogP contribution in [0.4, 0.5) is 5.69 Å². The quantitative estimate of drug-likeness (QED) is 0.884. The third-order valence-electron chi connectivity index (χ3n) is 3.01. The molecule has 0 aliphatic heterocycles. The summed E-state index contributed by atoms with van der Waals surface area (Å²) in [6, 6.07) is 11.2. The predicted octanol–water partition coefficient (Wildman–Crippen LogP) is 2.51. The van der Waals surface area contributed by atoms with Crippen LogP contribution in [-0.4, -0.2) is 29.7 Å². The number of anilines is 1. The van der Waals surface area contributed by atoms with Gasteiger partial charge in [0.05, 0.1) is 27.0 Å². The summed E-state index contributed by atoms with van der Waals surface area (Å²) in [5.41, 5.74) is 0.314. The first-order valence-electron chi connectivity index (χ1n) is 6.39. The number of para-hydroxylation sites is 1. The molecule has 118 valence electrons. The first kappa shape index (κ1) is 16.0. The number of ether oxygens (including phenoxy) is 3. The number of rotatable bonds is 6. The maximum atomic E-state index is 12.5. The highest BCUT2D eigenvalue weighted by molar-refractivity contribution is 7.92. The smallest absolute Gasteiger partial charge is 0.265 e. The number of benzene rings is 2. The Morgan fingerprint density at radius 3 is 2.18 bits per heavy atom. The van der Waals surface area contributed by atoms with E-state index in [4.69, 9.17) is 14.2 Å². The lowest BCUT2D eigenvalue weighted by molar-refractivity contribution is 0.395. The molecule has 0 fully saturated rings. The van der Waals surface area contributed by atoms with Crippen LogP contribution in [0.3, 0.4) is 0 Å². The SMILES string of the molecule is COc1ccc(NS(=O)(=O)c2ccccc2OC)c(OC)c1. The Balaban J connectivity index is 2.41. The van der Waals surface area contributed by atoms with Crippen molar-refractivity contribution in [2.75, 3.05) is 26.1 Å². The van der Waals surface area contributed by atoms with Crippen molar-refractivity contribution < 1.29 is 22.6 Å². The van der Waals surface area contributed by atoms with E-state index in [-0.39, 0.29) is 10.6 Å². The van der Waals surface area contributed by atoms with Gasteiger partial charge in [-0.25, -0.2) is 8.42 Å². The zero-order valence-electron chi connectivity index (χ0n) is 12.5. The van der Waals surface area contributed by atoms with Crippen LogP contribution in [-0.2, 0) is 10.0 Å². The molecule has 7 heteroatoms. The Hall–Kier alpha value is -2.41. The van der Waals surface area contributed by atoms with Gasteiger partial charge < -0.3 is 14.2 Å². The molecule has 6 nitrogen and oxygen atoms in total. The summed E-state index contributed by atoms with van der Waals surface area (Å²) in [5.74, 6) is 1.19. The fraction of sp³-hybridized carbons (Fsp3) is 0.200. The fourth-order valence-corrected chi connectivity index (χ4v) is 3.17. The molecular formula is C15H17NO5S. The molecule has 0 saturated carbocycles. The Labute approximate surface area is 129 Å². The van der Waals surface area contributed by atoms with E-state index < -0.39 is 10.0 Å². The van der Waals surface area contributed by atoms with Crippen molar-refractivity contribution in [3.05, 3.63) is 42.5 Å². The van der Waals surface area contributed by atoms with Gasteiger partial charge in [-0.05, 0) is 24.3 Å². The summed E-state index contributed by atoms with van der Waals surface area (Å²) in [7, 11) is 0.590. The van der Waals surface area contributed by atoms with Crippen LogP contribution < -0.4 is 18.9 Å². The van der Waals surface area contributed by atoms with E-state index in [0.29, 0.717) is 17.2 Å². The lowest BCUT2D eigenvalue weighted by Crippen LogP contribution is -2.14. The van der Waals surface area contributed by atoms with Crippen molar-refractivity contribution in [3.63, 3.8) is 0 Å². The van der Waals surface area contributed by atoms with E-state index >= 15 is 0 Å². The van der Waals surface area contributed by atoms with Gasteiger partial charge in [0.2, 0.25) is 0 Å². The second kappa shape index (κ2) is 6.57. The van der Waals surface area contributed by atoms with Crippen LogP contribution in [0.1, 0.15) is 0 Å². The molecule has 0 radical (unpaired) electrons. The van der Waals surface area contributed by atoms with Crippen molar-refractivity contribution in [3.8, 4) is 17.2 Å². The van der Waals surface area contributed by atoms with Crippen LogP contribution in [0.2, 0.25) is 0 Å². The number of hydrogen-bond acceptors (Lipinski definition) is 5.